The largest absolute Gasteiger partial charge is 0.457 e. The van der Waals surface area contributed by atoms with Gasteiger partial charge in [0.15, 0.2) is 0 Å². The molecule has 0 N–H and O–H groups in total. The Hall–Kier alpha value is -8.36. The van der Waals surface area contributed by atoms with Gasteiger partial charge in [0.25, 0.3) is 0 Å². The number of rotatable bonds is 14. The van der Waals surface area contributed by atoms with E-state index in [0.29, 0.717) is 55.3 Å². The fraction of sp³-hybridized carbons (Fsp3) is 0.176. The summed E-state index contributed by atoms with van der Waals surface area (Å²) >= 11 is 0. The van der Waals surface area contributed by atoms with Gasteiger partial charge in [-0.2, -0.15) is 0 Å². The van der Waals surface area contributed by atoms with Crippen LogP contribution in [0.15, 0.2) is 170 Å². The molecule has 8 heteroatoms. The maximum absolute atomic E-state index is 15.8. The average molecular weight is 1010 g/mol. The average Bonchev–Trinajstić information content (AvgIpc) is 3.58. The van der Waals surface area contributed by atoms with Gasteiger partial charge < -0.3 is 18.9 Å². The molecule has 0 atom stereocenters. The summed E-state index contributed by atoms with van der Waals surface area (Å²) in [4.78, 5) is 0. The second-order valence-electron chi connectivity index (χ2n) is 20.8. The maximum atomic E-state index is 15.8. The molecule has 0 bridgehead atoms. The molecular formula is C68H56F4O4. The molecule has 0 fully saturated rings. The molecule has 0 aromatic heterocycles. The second kappa shape index (κ2) is 20.1. The van der Waals surface area contributed by atoms with Gasteiger partial charge in [-0.15, -0.1) is 0 Å². The van der Waals surface area contributed by atoms with Crippen LogP contribution in [0.2, 0.25) is 0 Å². The Morgan fingerprint density at radius 2 is 0.618 bits per heavy atom. The highest BCUT2D eigenvalue weighted by Gasteiger charge is 2.34. The third kappa shape index (κ3) is 8.99. The Kier molecular flexibility index (Phi) is 13.2. The molecule has 0 saturated heterocycles. The van der Waals surface area contributed by atoms with E-state index < -0.39 is 23.3 Å². The molecule has 11 rings (SSSR count). The highest BCUT2D eigenvalue weighted by molar-refractivity contribution is 6.40. The molecule has 0 heterocycles. The Morgan fingerprint density at radius 3 is 1.00 bits per heavy atom. The van der Waals surface area contributed by atoms with Gasteiger partial charge in [0, 0.05) is 67.7 Å². The highest BCUT2D eigenvalue weighted by Crippen LogP contribution is 2.61. The summed E-state index contributed by atoms with van der Waals surface area (Å²) in [5.41, 5.74) is 8.08. The third-order valence-electron chi connectivity index (χ3n) is 14.3. The maximum Gasteiger partial charge on any atom is 0.144 e. The molecule has 380 valence electrons. The van der Waals surface area contributed by atoms with Crippen LogP contribution in [-0.2, 0) is 0 Å². The number of hydrogen-bond acceptors (Lipinski definition) is 4. The summed E-state index contributed by atoms with van der Waals surface area (Å²) in [6, 6.07) is 48.7. The van der Waals surface area contributed by atoms with Gasteiger partial charge in [-0.3, -0.25) is 0 Å². The van der Waals surface area contributed by atoms with Crippen LogP contribution in [0.5, 0.6) is 46.0 Å². The van der Waals surface area contributed by atoms with E-state index in [2.05, 4.69) is 97.9 Å². The number of hydrogen-bond donors (Lipinski definition) is 0. The van der Waals surface area contributed by atoms with Crippen molar-refractivity contribution in [3.8, 4) is 68.2 Å². The molecule has 0 aliphatic carbocycles. The van der Waals surface area contributed by atoms with Gasteiger partial charge in [0.2, 0.25) is 0 Å². The van der Waals surface area contributed by atoms with Crippen molar-refractivity contribution < 1.29 is 36.5 Å². The Labute approximate surface area is 440 Å². The fourth-order valence-corrected chi connectivity index (χ4v) is 11.1. The van der Waals surface area contributed by atoms with E-state index in [0.717, 1.165) is 55.3 Å². The lowest BCUT2D eigenvalue weighted by atomic mass is 9.75. The summed E-state index contributed by atoms with van der Waals surface area (Å²) in [5, 5.41) is 5.23. The van der Waals surface area contributed by atoms with Crippen LogP contribution in [0, 0.1) is 23.3 Å². The normalized spacial score (nSPS) is 11.9. The SMILES string of the molecule is CC(C)c1cccc(C(C)C)c1-c1c(-c2c(C(C)C)cccc2C(C)C)c2ccc(Oc3cccc(F)c3)c3c4c(Oc5cccc(F)c5)ccc5ccc(Oc6cccc(F)c6)c(c(c1Oc1cccc(F)c1)c23)c54. The monoisotopic (exact) mass is 1010 g/mol. The van der Waals surface area contributed by atoms with Crippen LogP contribution in [0.1, 0.15) is 101 Å². The van der Waals surface area contributed by atoms with Gasteiger partial charge in [-0.25, -0.2) is 17.6 Å². The first-order valence-electron chi connectivity index (χ1n) is 25.9. The zero-order chi connectivity index (χ0) is 53.1. The van der Waals surface area contributed by atoms with Crippen molar-refractivity contribution in [3.05, 3.63) is 215 Å². The number of ether oxygens (including phenoxy) is 4. The van der Waals surface area contributed by atoms with Crippen LogP contribution < -0.4 is 18.9 Å². The van der Waals surface area contributed by atoms with E-state index >= 15 is 17.6 Å². The molecular weight excluding hydrogens is 957 g/mol. The fourth-order valence-electron chi connectivity index (χ4n) is 11.1. The molecule has 0 spiro atoms. The van der Waals surface area contributed by atoms with Crippen LogP contribution in [-0.4, -0.2) is 0 Å². The predicted octanol–water partition coefficient (Wildman–Crippen LogP) is 21.3. The molecule has 11 aromatic rings. The molecule has 0 radical (unpaired) electrons. The number of fused-ring (bicyclic) bond motifs is 2. The molecule has 11 aromatic carbocycles. The van der Waals surface area contributed by atoms with Gasteiger partial charge in [-0.1, -0.05) is 128 Å². The predicted molar refractivity (Wildman–Crippen MR) is 301 cm³/mol. The minimum Gasteiger partial charge on any atom is -0.457 e. The summed E-state index contributed by atoms with van der Waals surface area (Å²) < 4.78 is 89.7. The Bertz CT molecular complexity index is 3920. The number of halogens is 4. The van der Waals surface area contributed by atoms with Crippen molar-refractivity contribution in [2.45, 2.75) is 79.1 Å². The molecule has 76 heavy (non-hydrogen) atoms. The quantitative estimate of drug-likeness (QED) is 0.0618. The third-order valence-corrected chi connectivity index (χ3v) is 14.3. The zero-order valence-corrected chi connectivity index (χ0v) is 43.6. The van der Waals surface area contributed by atoms with E-state index in [1.165, 1.54) is 48.5 Å². The van der Waals surface area contributed by atoms with Gasteiger partial charge in [0.05, 0.1) is 0 Å². The van der Waals surface area contributed by atoms with E-state index in [1.54, 1.807) is 48.5 Å². The highest BCUT2D eigenvalue weighted by atomic mass is 19.1. The lowest BCUT2D eigenvalue weighted by Gasteiger charge is -2.31. The first kappa shape index (κ1) is 49.8. The Morgan fingerprint density at radius 1 is 0.289 bits per heavy atom. The summed E-state index contributed by atoms with van der Waals surface area (Å²) in [5.74, 6) is 0.702. The van der Waals surface area contributed by atoms with Crippen molar-refractivity contribution in [3.63, 3.8) is 0 Å². The topological polar surface area (TPSA) is 36.9 Å². The minimum atomic E-state index is -0.486. The lowest BCUT2D eigenvalue weighted by molar-refractivity contribution is 0.477. The van der Waals surface area contributed by atoms with Crippen LogP contribution >= 0.6 is 0 Å². The van der Waals surface area contributed by atoms with Crippen molar-refractivity contribution >= 4 is 43.1 Å². The van der Waals surface area contributed by atoms with Crippen molar-refractivity contribution in [2.24, 2.45) is 0 Å². The van der Waals surface area contributed by atoms with Crippen LogP contribution in [0.4, 0.5) is 17.6 Å². The molecule has 0 unspecified atom stereocenters. The smallest absolute Gasteiger partial charge is 0.144 e. The van der Waals surface area contributed by atoms with Gasteiger partial charge in [-0.05, 0) is 141 Å². The molecule has 0 aliphatic rings. The number of benzene rings is 11. The van der Waals surface area contributed by atoms with Crippen molar-refractivity contribution in [1.29, 1.82) is 0 Å². The lowest BCUT2D eigenvalue weighted by Crippen LogP contribution is -2.07. The molecule has 0 aliphatic heterocycles. The molecule has 0 saturated carbocycles. The second-order valence-corrected chi connectivity index (χ2v) is 20.8. The first-order chi connectivity index (χ1) is 36.6. The Balaban J connectivity index is 1.49. The van der Waals surface area contributed by atoms with Gasteiger partial charge in [0.1, 0.15) is 69.3 Å². The molecule has 4 nitrogen and oxygen atoms in total. The zero-order valence-electron chi connectivity index (χ0n) is 43.6. The van der Waals surface area contributed by atoms with E-state index in [1.807, 2.05) is 30.3 Å². The van der Waals surface area contributed by atoms with E-state index in [9.17, 15) is 0 Å². The standard InChI is InChI=1S/C68H56F4O4/c1-37(2)50-23-13-24-51(38(3)4)59(50)61-54-29-32-57(75-48-21-11-17-44(71)35-48)65-62(54)67(68(76-49-22-12-18-45(72)36-49)66(61)60-52(39(5)6)25-14-26-53(60)40(7)8)64-56(74-47-20-10-16-43(70)34-47)31-28-41-27-30-55(63(65)58(41)64)73-46-19-9-15-42(69)33-46/h9-40H,1-8H3. The summed E-state index contributed by atoms with van der Waals surface area (Å²) in [7, 11) is 0. The summed E-state index contributed by atoms with van der Waals surface area (Å²) in [6.45, 7) is 17.6. The van der Waals surface area contributed by atoms with E-state index in [4.69, 9.17) is 18.9 Å². The van der Waals surface area contributed by atoms with Gasteiger partial charge >= 0.3 is 0 Å². The van der Waals surface area contributed by atoms with Crippen molar-refractivity contribution in [2.75, 3.05) is 0 Å². The van der Waals surface area contributed by atoms with E-state index in [-0.39, 0.29) is 46.7 Å². The van der Waals surface area contributed by atoms with Crippen LogP contribution in [0.25, 0.3) is 65.3 Å². The first-order valence-corrected chi connectivity index (χ1v) is 25.9. The molecule has 0 amide bonds. The summed E-state index contributed by atoms with van der Waals surface area (Å²) in [6.07, 6.45) is 0. The van der Waals surface area contributed by atoms with Crippen molar-refractivity contribution in [1.82, 2.24) is 0 Å². The van der Waals surface area contributed by atoms with Crippen LogP contribution in [0.3, 0.4) is 0 Å². The minimum absolute atomic E-state index is 0.0247.